The Balaban J connectivity index is 1.70. The van der Waals surface area contributed by atoms with Gasteiger partial charge in [-0.05, 0) is 44.9 Å². The van der Waals surface area contributed by atoms with Crippen LogP contribution in [0.15, 0.2) is 30.6 Å². The van der Waals surface area contributed by atoms with Crippen molar-refractivity contribution in [2.75, 3.05) is 7.11 Å². The number of esters is 2. The van der Waals surface area contributed by atoms with Crippen LogP contribution >= 0.6 is 0 Å². The summed E-state index contributed by atoms with van der Waals surface area (Å²) in [6.07, 6.45) is 4.24. The van der Waals surface area contributed by atoms with E-state index in [0.29, 0.717) is 18.5 Å². The van der Waals surface area contributed by atoms with Crippen LogP contribution in [0.5, 0.6) is 5.75 Å². The molecule has 0 fully saturated rings. The Morgan fingerprint density at radius 1 is 0.931 bits per heavy atom. The SMILES string of the molecule is COC(=O)C1(C)CCC(=O)c2c(OC(=O)C3(C)CCC(=O)c4cccn43)ccn21. The van der Waals surface area contributed by atoms with Crippen molar-refractivity contribution >= 4 is 23.5 Å². The largest absolute Gasteiger partial charge is 0.467 e. The van der Waals surface area contributed by atoms with Crippen molar-refractivity contribution in [2.45, 2.75) is 50.6 Å². The first-order chi connectivity index (χ1) is 13.7. The molecule has 0 bridgehead atoms. The van der Waals surface area contributed by atoms with Crippen LogP contribution in [0.1, 0.15) is 60.5 Å². The fourth-order valence-corrected chi connectivity index (χ4v) is 4.25. The molecule has 0 N–H and O–H groups in total. The maximum absolute atomic E-state index is 13.1. The summed E-state index contributed by atoms with van der Waals surface area (Å²) in [4.78, 5) is 50.2. The number of carbonyl (C=O) groups excluding carboxylic acids is 4. The summed E-state index contributed by atoms with van der Waals surface area (Å²) in [6.45, 7) is 3.41. The van der Waals surface area contributed by atoms with E-state index in [4.69, 9.17) is 9.47 Å². The van der Waals surface area contributed by atoms with Gasteiger partial charge in [-0.2, -0.15) is 0 Å². The highest BCUT2D eigenvalue weighted by Crippen LogP contribution is 2.39. The lowest BCUT2D eigenvalue weighted by Crippen LogP contribution is -2.46. The first-order valence-electron chi connectivity index (χ1n) is 9.49. The van der Waals surface area contributed by atoms with Gasteiger partial charge in [-0.25, -0.2) is 9.59 Å². The van der Waals surface area contributed by atoms with Crippen LogP contribution in [-0.2, 0) is 25.4 Å². The standard InChI is InChI=1S/C21H22N2O6/c1-20(18(26)28-3)10-7-15(25)17-16(8-12-23(17)20)29-19(27)21(2)9-6-14(24)13-5-4-11-22(13)21/h4-5,8,11-12H,6-7,9-10H2,1-3H3. The highest BCUT2D eigenvalue weighted by Gasteiger charge is 2.46. The Labute approximate surface area is 167 Å². The minimum atomic E-state index is -1.06. The van der Waals surface area contributed by atoms with Gasteiger partial charge in [0.15, 0.2) is 17.3 Å². The van der Waals surface area contributed by atoms with E-state index in [1.807, 2.05) is 0 Å². The zero-order chi connectivity index (χ0) is 21.0. The fourth-order valence-electron chi connectivity index (χ4n) is 4.25. The topological polar surface area (TPSA) is 96.6 Å². The van der Waals surface area contributed by atoms with Gasteiger partial charge in [0, 0.05) is 25.2 Å². The zero-order valence-electron chi connectivity index (χ0n) is 16.6. The van der Waals surface area contributed by atoms with Crippen molar-refractivity contribution < 1.29 is 28.7 Å². The van der Waals surface area contributed by atoms with Crippen LogP contribution in [-0.4, -0.2) is 39.7 Å². The highest BCUT2D eigenvalue weighted by atomic mass is 16.5. The highest BCUT2D eigenvalue weighted by molar-refractivity contribution is 6.01. The summed E-state index contributed by atoms with van der Waals surface area (Å²) >= 11 is 0. The van der Waals surface area contributed by atoms with E-state index in [2.05, 4.69) is 0 Å². The van der Waals surface area contributed by atoms with E-state index in [-0.39, 0.29) is 35.9 Å². The van der Waals surface area contributed by atoms with Gasteiger partial charge in [-0.1, -0.05) is 0 Å². The van der Waals surface area contributed by atoms with Crippen LogP contribution in [0.4, 0.5) is 0 Å². The van der Waals surface area contributed by atoms with Gasteiger partial charge < -0.3 is 18.6 Å². The van der Waals surface area contributed by atoms with Crippen LogP contribution in [0, 0.1) is 0 Å². The Morgan fingerprint density at radius 3 is 2.28 bits per heavy atom. The lowest BCUT2D eigenvalue weighted by atomic mass is 9.88. The molecule has 152 valence electrons. The summed E-state index contributed by atoms with van der Waals surface area (Å²) < 4.78 is 13.7. The second-order valence-corrected chi connectivity index (χ2v) is 7.94. The molecule has 2 aliphatic heterocycles. The Kier molecular flexibility index (Phi) is 4.25. The molecular weight excluding hydrogens is 376 g/mol. The van der Waals surface area contributed by atoms with E-state index >= 15 is 0 Å². The third-order valence-electron chi connectivity index (χ3n) is 6.16. The van der Waals surface area contributed by atoms with Crippen molar-refractivity contribution in [1.29, 1.82) is 0 Å². The third kappa shape index (κ3) is 2.66. The van der Waals surface area contributed by atoms with Crippen molar-refractivity contribution in [1.82, 2.24) is 9.13 Å². The van der Waals surface area contributed by atoms with Crippen LogP contribution in [0.3, 0.4) is 0 Å². The minimum absolute atomic E-state index is 0.0226. The van der Waals surface area contributed by atoms with Gasteiger partial charge >= 0.3 is 11.9 Å². The van der Waals surface area contributed by atoms with Crippen molar-refractivity contribution in [2.24, 2.45) is 0 Å². The fraction of sp³-hybridized carbons (Fsp3) is 0.429. The number of ketones is 2. The molecule has 0 saturated heterocycles. The van der Waals surface area contributed by atoms with Crippen LogP contribution < -0.4 is 4.74 Å². The van der Waals surface area contributed by atoms with Gasteiger partial charge in [0.2, 0.25) is 0 Å². The molecule has 8 nitrogen and oxygen atoms in total. The number of aromatic nitrogens is 2. The number of fused-ring (bicyclic) bond motifs is 2. The van der Waals surface area contributed by atoms with Crippen molar-refractivity contribution in [3.05, 3.63) is 42.0 Å². The van der Waals surface area contributed by atoms with E-state index in [1.54, 1.807) is 42.9 Å². The molecule has 2 aliphatic rings. The van der Waals surface area contributed by atoms with E-state index < -0.39 is 23.0 Å². The summed E-state index contributed by atoms with van der Waals surface area (Å²) in [5.74, 6) is -1.14. The van der Waals surface area contributed by atoms with Crippen LogP contribution in [0.2, 0.25) is 0 Å². The quantitative estimate of drug-likeness (QED) is 0.737. The summed E-state index contributed by atoms with van der Waals surface area (Å²) in [7, 11) is 1.30. The molecule has 4 rings (SSSR count). The predicted octanol–water partition coefficient (Wildman–Crippen LogP) is 2.45. The molecule has 0 saturated carbocycles. The molecule has 0 amide bonds. The van der Waals surface area contributed by atoms with Gasteiger partial charge in [0.25, 0.3) is 0 Å². The number of carbonyl (C=O) groups is 4. The number of hydrogen-bond acceptors (Lipinski definition) is 6. The zero-order valence-corrected chi connectivity index (χ0v) is 16.6. The molecule has 8 heteroatoms. The first kappa shape index (κ1) is 19.2. The van der Waals surface area contributed by atoms with Gasteiger partial charge in [-0.15, -0.1) is 0 Å². The van der Waals surface area contributed by atoms with E-state index in [1.165, 1.54) is 17.7 Å². The average Bonchev–Trinajstić information content (AvgIpc) is 3.36. The maximum Gasteiger partial charge on any atom is 0.337 e. The maximum atomic E-state index is 13.1. The van der Waals surface area contributed by atoms with E-state index in [9.17, 15) is 19.2 Å². The number of nitrogens with zero attached hydrogens (tertiary/aromatic N) is 2. The number of Topliss-reactive ketones (excluding diaryl/α,β-unsaturated/α-hetero) is 2. The molecule has 2 unspecified atom stereocenters. The van der Waals surface area contributed by atoms with E-state index in [0.717, 1.165) is 0 Å². The minimum Gasteiger partial charge on any atom is -0.467 e. The summed E-state index contributed by atoms with van der Waals surface area (Å²) in [6, 6.07) is 4.92. The number of methoxy groups -OCH3 is 1. The average molecular weight is 398 g/mol. The number of ether oxygens (including phenoxy) is 2. The van der Waals surface area contributed by atoms with Gasteiger partial charge in [-0.3, -0.25) is 9.59 Å². The normalized spacial score (nSPS) is 25.9. The molecule has 0 aromatic carbocycles. The van der Waals surface area contributed by atoms with Crippen LogP contribution in [0.25, 0.3) is 0 Å². The molecule has 2 aromatic heterocycles. The second kappa shape index (κ2) is 6.43. The van der Waals surface area contributed by atoms with Crippen molar-refractivity contribution in [3.8, 4) is 5.75 Å². The smallest absolute Gasteiger partial charge is 0.337 e. The number of rotatable bonds is 3. The lowest BCUT2D eigenvalue weighted by Gasteiger charge is -2.35. The lowest BCUT2D eigenvalue weighted by molar-refractivity contribution is -0.151. The van der Waals surface area contributed by atoms with Crippen molar-refractivity contribution in [3.63, 3.8) is 0 Å². The second-order valence-electron chi connectivity index (χ2n) is 7.94. The molecule has 0 aliphatic carbocycles. The molecular formula is C21H22N2O6. The summed E-state index contributed by atoms with van der Waals surface area (Å²) in [5.41, 5.74) is -1.47. The van der Waals surface area contributed by atoms with Gasteiger partial charge in [0.1, 0.15) is 16.8 Å². The van der Waals surface area contributed by atoms with Gasteiger partial charge in [0.05, 0.1) is 12.8 Å². The molecule has 4 heterocycles. The third-order valence-corrected chi connectivity index (χ3v) is 6.16. The molecule has 2 atom stereocenters. The molecule has 0 spiro atoms. The summed E-state index contributed by atoms with van der Waals surface area (Å²) in [5, 5.41) is 0. The number of hydrogen-bond donors (Lipinski definition) is 0. The Bertz CT molecular complexity index is 1050. The monoisotopic (exact) mass is 398 g/mol. The molecule has 29 heavy (non-hydrogen) atoms. The molecule has 2 aromatic rings. The molecule has 0 radical (unpaired) electrons. The first-order valence-corrected chi connectivity index (χ1v) is 9.49. The Hall–Kier alpha value is -3.16. The Morgan fingerprint density at radius 2 is 1.59 bits per heavy atom. The predicted molar refractivity (Wildman–Crippen MR) is 101 cm³/mol.